The molecule has 2 saturated heterocycles. The first-order valence-electron chi connectivity index (χ1n) is 12.2. The van der Waals surface area contributed by atoms with Crippen LogP contribution in [-0.2, 0) is 0 Å². The molecule has 0 N–H and O–H groups in total. The molecule has 174 valence electrons. The largest absolute Gasteiger partial charge is 0.494 e. The zero-order chi connectivity index (χ0) is 22.6. The summed E-state index contributed by atoms with van der Waals surface area (Å²) in [5.74, 6) is 0.916. The summed E-state index contributed by atoms with van der Waals surface area (Å²) in [5, 5.41) is 1.21. The van der Waals surface area contributed by atoms with Gasteiger partial charge in [0.1, 0.15) is 11.4 Å². The molecule has 33 heavy (non-hydrogen) atoms. The predicted molar refractivity (Wildman–Crippen MR) is 129 cm³/mol. The van der Waals surface area contributed by atoms with E-state index >= 15 is 0 Å². The van der Waals surface area contributed by atoms with Crippen LogP contribution in [-0.4, -0.2) is 69.1 Å². The van der Waals surface area contributed by atoms with Crippen LogP contribution in [0.4, 0.5) is 0 Å². The summed E-state index contributed by atoms with van der Waals surface area (Å²) in [6.07, 6.45) is 12.5. The van der Waals surface area contributed by atoms with Gasteiger partial charge in [-0.1, -0.05) is 0 Å². The summed E-state index contributed by atoms with van der Waals surface area (Å²) in [4.78, 5) is 25.3. The van der Waals surface area contributed by atoms with Crippen LogP contribution in [0.1, 0.15) is 55.6 Å². The number of piperidine rings is 1. The van der Waals surface area contributed by atoms with Crippen molar-refractivity contribution >= 4 is 16.8 Å². The monoisotopic (exact) mass is 447 g/mol. The molecule has 0 bridgehead atoms. The second kappa shape index (κ2) is 9.91. The third-order valence-electron chi connectivity index (χ3n) is 7.17. The molecule has 7 heteroatoms. The average molecular weight is 448 g/mol. The van der Waals surface area contributed by atoms with E-state index < -0.39 is 0 Å². The van der Waals surface area contributed by atoms with Crippen LogP contribution < -0.4 is 4.74 Å². The van der Waals surface area contributed by atoms with Crippen molar-refractivity contribution in [3.63, 3.8) is 0 Å². The van der Waals surface area contributed by atoms with E-state index in [1.54, 1.807) is 18.6 Å². The van der Waals surface area contributed by atoms with Gasteiger partial charge in [-0.2, -0.15) is 0 Å². The van der Waals surface area contributed by atoms with E-state index in [4.69, 9.17) is 4.74 Å². The molecule has 5 rings (SSSR count). The summed E-state index contributed by atoms with van der Waals surface area (Å²) in [6, 6.07) is 9.69. The highest BCUT2D eigenvalue weighted by Gasteiger charge is 2.26. The normalized spacial score (nSPS) is 19.9. The standard InChI is InChI=1S/C26H33N5O2/c1-20-4-2-12-29(20)13-3-17-33-23-5-6-25-21(18-23)7-16-31(25)22-8-14-30(15-9-22)26(32)24-19-27-10-11-28-24/h5-7,10-11,16,18-20,22H,2-4,8-9,12-15,17H2,1H3/t20-/m1/s1. The molecule has 2 aliphatic rings. The molecule has 0 saturated carbocycles. The molecule has 2 aromatic heterocycles. The minimum atomic E-state index is -0.0279. The number of carbonyl (C=O) groups excluding carboxylic acids is 1. The summed E-state index contributed by atoms with van der Waals surface area (Å²) in [7, 11) is 0. The SMILES string of the molecule is C[C@@H]1CCCN1CCCOc1ccc2c(ccn2C2CCN(C(=O)c3cnccn3)CC2)c1. The van der Waals surface area contributed by atoms with Gasteiger partial charge in [0.15, 0.2) is 0 Å². The van der Waals surface area contributed by atoms with Crippen molar-refractivity contribution in [3.8, 4) is 5.75 Å². The topological polar surface area (TPSA) is 63.5 Å². The summed E-state index contributed by atoms with van der Waals surface area (Å²) in [5.41, 5.74) is 1.65. The molecule has 0 radical (unpaired) electrons. The fourth-order valence-corrected chi connectivity index (χ4v) is 5.25. The molecule has 0 unspecified atom stereocenters. The second-order valence-electron chi connectivity index (χ2n) is 9.29. The van der Waals surface area contributed by atoms with Gasteiger partial charge >= 0.3 is 0 Å². The van der Waals surface area contributed by atoms with Crippen LogP contribution in [0.2, 0.25) is 0 Å². The Labute approximate surface area is 195 Å². The van der Waals surface area contributed by atoms with Crippen LogP contribution in [0.15, 0.2) is 49.1 Å². The number of amides is 1. The van der Waals surface area contributed by atoms with Gasteiger partial charge in [0, 0.05) is 61.2 Å². The lowest BCUT2D eigenvalue weighted by Gasteiger charge is -2.33. The van der Waals surface area contributed by atoms with E-state index in [1.807, 2.05) is 4.90 Å². The van der Waals surface area contributed by atoms with Crippen LogP contribution in [0.25, 0.3) is 10.9 Å². The lowest BCUT2D eigenvalue weighted by atomic mass is 10.0. The van der Waals surface area contributed by atoms with Crippen LogP contribution >= 0.6 is 0 Å². The molecule has 1 aromatic carbocycles. The van der Waals surface area contributed by atoms with Crippen molar-refractivity contribution < 1.29 is 9.53 Å². The quantitative estimate of drug-likeness (QED) is 0.509. The van der Waals surface area contributed by atoms with Crippen molar-refractivity contribution in [2.24, 2.45) is 0 Å². The van der Waals surface area contributed by atoms with E-state index in [0.29, 0.717) is 11.7 Å². The number of ether oxygens (including phenoxy) is 1. The van der Waals surface area contributed by atoms with Crippen LogP contribution in [0.5, 0.6) is 5.75 Å². The third kappa shape index (κ3) is 4.88. The Bertz CT molecular complexity index is 1070. The Morgan fingerprint density at radius 2 is 2.00 bits per heavy atom. The fraction of sp³-hybridized carbons (Fsp3) is 0.500. The van der Waals surface area contributed by atoms with Gasteiger partial charge < -0.3 is 19.1 Å². The van der Waals surface area contributed by atoms with E-state index in [1.165, 1.54) is 30.3 Å². The Morgan fingerprint density at radius 3 is 2.76 bits per heavy atom. The molecule has 3 aromatic rings. The number of benzene rings is 1. The van der Waals surface area contributed by atoms with Crippen LogP contribution in [0, 0.1) is 0 Å². The number of hydrogen-bond donors (Lipinski definition) is 0. The van der Waals surface area contributed by atoms with E-state index in [-0.39, 0.29) is 5.91 Å². The molecule has 0 aliphatic carbocycles. The maximum Gasteiger partial charge on any atom is 0.274 e. The van der Waals surface area contributed by atoms with E-state index in [0.717, 1.165) is 57.3 Å². The first kappa shape index (κ1) is 21.9. The maximum absolute atomic E-state index is 12.6. The minimum Gasteiger partial charge on any atom is -0.494 e. The highest BCUT2D eigenvalue weighted by Crippen LogP contribution is 2.30. The number of nitrogens with zero attached hydrogens (tertiary/aromatic N) is 5. The van der Waals surface area contributed by atoms with Crippen molar-refractivity contribution in [2.75, 3.05) is 32.8 Å². The molecule has 7 nitrogen and oxygen atoms in total. The first-order valence-corrected chi connectivity index (χ1v) is 12.2. The Balaban J connectivity index is 1.15. The molecular weight excluding hydrogens is 414 g/mol. The van der Waals surface area contributed by atoms with Gasteiger partial charge in [-0.25, -0.2) is 4.98 Å². The number of hydrogen-bond acceptors (Lipinski definition) is 5. The highest BCUT2D eigenvalue weighted by atomic mass is 16.5. The highest BCUT2D eigenvalue weighted by molar-refractivity contribution is 5.92. The molecule has 4 heterocycles. The summed E-state index contributed by atoms with van der Waals surface area (Å²) in [6.45, 7) is 6.90. The minimum absolute atomic E-state index is 0.0279. The molecule has 1 atom stereocenters. The number of carbonyl (C=O) groups is 1. The summed E-state index contributed by atoms with van der Waals surface area (Å²) >= 11 is 0. The fourth-order valence-electron chi connectivity index (χ4n) is 5.25. The van der Waals surface area contributed by atoms with Crippen molar-refractivity contribution in [1.82, 2.24) is 24.3 Å². The van der Waals surface area contributed by atoms with Crippen molar-refractivity contribution in [2.45, 2.75) is 51.1 Å². The average Bonchev–Trinajstić information content (AvgIpc) is 3.47. The van der Waals surface area contributed by atoms with Gasteiger partial charge in [0.25, 0.3) is 5.91 Å². The Morgan fingerprint density at radius 1 is 1.12 bits per heavy atom. The number of aromatic nitrogens is 3. The van der Waals surface area contributed by atoms with Crippen molar-refractivity contribution in [1.29, 1.82) is 0 Å². The number of likely N-dealkylation sites (tertiary alicyclic amines) is 2. The van der Waals surface area contributed by atoms with Crippen molar-refractivity contribution in [3.05, 3.63) is 54.7 Å². The lowest BCUT2D eigenvalue weighted by Crippen LogP contribution is -2.39. The van der Waals surface area contributed by atoms with Gasteiger partial charge in [-0.15, -0.1) is 0 Å². The zero-order valence-electron chi connectivity index (χ0n) is 19.4. The third-order valence-corrected chi connectivity index (χ3v) is 7.17. The zero-order valence-corrected chi connectivity index (χ0v) is 19.4. The predicted octanol–water partition coefficient (Wildman–Crippen LogP) is 4.16. The van der Waals surface area contributed by atoms with Gasteiger partial charge in [0.2, 0.25) is 0 Å². The molecule has 2 aliphatic heterocycles. The van der Waals surface area contributed by atoms with E-state index in [2.05, 4.69) is 56.8 Å². The molecular formula is C26H33N5O2. The number of rotatable bonds is 7. The number of fused-ring (bicyclic) bond motifs is 1. The summed E-state index contributed by atoms with van der Waals surface area (Å²) < 4.78 is 8.41. The molecule has 0 spiro atoms. The van der Waals surface area contributed by atoms with Crippen LogP contribution in [0.3, 0.4) is 0 Å². The second-order valence-corrected chi connectivity index (χ2v) is 9.29. The first-order chi connectivity index (χ1) is 16.2. The molecule has 2 fully saturated rings. The Hall–Kier alpha value is -2.93. The van der Waals surface area contributed by atoms with E-state index in [9.17, 15) is 4.79 Å². The van der Waals surface area contributed by atoms with Gasteiger partial charge in [-0.05, 0) is 69.8 Å². The van der Waals surface area contributed by atoms with Gasteiger partial charge in [0.05, 0.1) is 12.8 Å². The Kier molecular flexibility index (Phi) is 6.58. The molecule has 1 amide bonds. The smallest absolute Gasteiger partial charge is 0.274 e. The lowest BCUT2D eigenvalue weighted by molar-refractivity contribution is 0.0689. The maximum atomic E-state index is 12.6. The van der Waals surface area contributed by atoms with Gasteiger partial charge in [-0.3, -0.25) is 9.78 Å².